The Morgan fingerprint density at radius 2 is 1.83 bits per heavy atom. The van der Waals surface area contributed by atoms with E-state index in [1.165, 1.54) is 12.1 Å². The van der Waals surface area contributed by atoms with E-state index in [1.54, 1.807) is 38.4 Å². The first-order valence-corrected chi connectivity index (χ1v) is 14.0. The van der Waals surface area contributed by atoms with Gasteiger partial charge in [0.15, 0.2) is 11.4 Å². The fourth-order valence-electron chi connectivity index (χ4n) is 5.30. The summed E-state index contributed by atoms with van der Waals surface area (Å²) in [7, 11) is 0. The van der Waals surface area contributed by atoms with Crippen molar-refractivity contribution in [1.82, 2.24) is 24.1 Å². The maximum absolute atomic E-state index is 13.8. The van der Waals surface area contributed by atoms with E-state index in [0.29, 0.717) is 54.2 Å². The molecule has 1 amide bonds. The van der Waals surface area contributed by atoms with Crippen LogP contribution in [0.25, 0.3) is 27.7 Å². The van der Waals surface area contributed by atoms with Crippen LogP contribution >= 0.6 is 0 Å². The van der Waals surface area contributed by atoms with E-state index in [0.717, 1.165) is 16.6 Å². The third-order valence-electron chi connectivity index (χ3n) is 7.27. The number of rotatable bonds is 4. The van der Waals surface area contributed by atoms with E-state index in [9.17, 15) is 14.0 Å². The number of carbonyl (C=O) groups is 1. The number of fused-ring (bicyclic) bond motifs is 2. The minimum atomic E-state index is -0.545. The van der Waals surface area contributed by atoms with Gasteiger partial charge in [0, 0.05) is 48.4 Å². The van der Waals surface area contributed by atoms with Gasteiger partial charge in [0.25, 0.3) is 5.56 Å². The second kappa shape index (κ2) is 10.6. The highest BCUT2D eigenvalue weighted by Crippen LogP contribution is 2.31. The van der Waals surface area contributed by atoms with Crippen molar-refractivity contribution in [2.75, 3.05) is 13.1 Å². The molecule has 0 unspecified atom stereocenters. The molecule has 0 aliphatic carbocycles. The molecule has 216 valence electrons. The summed E-state index contributed by atoms with van der Waals surface area (Å²) >= 11 is 0. The summed E-state index contributed by atoms with van der Waals surface area (Å²) in [6, 6.07) is 15.2. The van der Waals surface area contributed by atoms with Gasteiger partial charge in [0.2, 0.25) is 0 Å². The van der Waals surface area contributed by atoms with Gasteiger partial charge in [0.1, 0.15) is 17.2 Å². The second-order valence-corrected chi connectivity index (χ2v) is 11.6. The molecule has 1 saturated heterocycles. The van der Waals surface area contributed by atoms with Crippen LogP contribution in [0.2, 0.25) is 0 Å². The maximum atomic E-state index is 13.8. The van der Waals surface area contributed by atoms with Gasteiger partial charge in [-0.2, -0.15) is 5.10 Å². The van der Waals surface area contributed by atoms with E-state index in [-0.39, 0.29) is 17.7 Å². The van der Waals surface area contributed by atoms with E-state index in [2.05, 4.69) is 4.98 Å². The van der Waals surface area contributed by atoms with Crippen molar-refractivity contribution >= 4 is 22.5 Å². The van der Waals surface area contributed by atoms with Gasteiger partial charge < -0.3 is 18.9 Å². The molecular weight excluding hydrogens is 537 g/mol. The molecule has 1 aliphatic rings. The van der Waals surface area contributed by atoms with Crippen molar-refractivity contribution < 1.29 is 18.7 Å². The lowest BCUT2D eigenvalue weighted by Crippen LogP contribution is -2.43. The molecule has 2 aromatic carbocycles. The van der Waals surface area contributed by atoms with Crippen LogP contribution in [-0.2, 0) is 4.74 Å². The minimum Gasteiger partial charge on any atom is -0.453 e. The first-order valence-electron chi connectivity index (χ1n) is 14.0. The van der Waals surface area contributed by atoms with Gasteiger partial charge >= 0.3 is 6.09 Å². The van der Waals surface area contributed by atoms with Gasteiger partial charge in [0.05, 0.1) is 17.6 Å². The zero-order valence-electron chi connectivity index (χ0n) is 24.0. The Morgan fingerprint density at radius 3 is 2.57 bits per heavy atom. The summed E-state index contributed by atoms with van der Waals surface area (Å²) in [6.45, 7) is 8.48. The predicted molar refractivity (Wildman–Crippen MR) is 157 cm³/mol. The summed E-state index contributed by atoms with van der Waals surface area (Å²) in [4.78, 5) is 32.2. The molecule has 9 nitrogen and oxygen atoms in total. The number of nitrogens with zero attached hydrogens (tertiary/aromatic N) is 5. The van der Waals surface area contributed by atoms with Gasteiger partial charge in [-0.15, -0.1) is 0 Å². The standard InChI is InChI=1S/C32H32FN5O4/c1-20-19-38-29(34-20)28(41-25-7-5-6-23(33)17-25)18-27(35-38)22-8-9-26-21(16-22)10-15-37(30(26)39)24-11-13-36(14-12-24)31(40)42-32(2,3)4/h5-10,15-19,24H,11-14H2,1-4H3. The lowest BCUT2D eigenvalue weighted by Gasteiger charge is -2.34. The quantitative estimate of drug-likeness (QED) is 0.245. The zero-order chi connectivity index (χ0) is 29.6. The maximum Gasteiger partial charge on any atom is 0.410 e. The first kappa shape index (κ1) is 27.4. The average molecular weight is 570 g/mol. The highest BCUT2D eigenvalue weighted by atomic mass is 19.1. The topological polar surface area (TPSA) is 91.0 Å². The summed E-state index contributed by atoms with van der Waals surface area (Å²) in [5.41, 5.74) is 2.08. The lowest BCUT2D eigenvalue weighted by molar-refractivity contribution is 0.0187. The van der Waals surface area contributed by atoms with Crippen molar-refractivity contribution in [2.24, 2.45) is 0 Å². The monoisotopic (exact) mass is 569 g/mol. The molecule has 1 aliphatic heterocycles. The molecule has 42 heavy (non-hydrogen) atoms. The van der Waals surface area contributed by atoms with Crippen LogP contribution in [0.4, 0.5) is 9.18 Å². The fraction of sp³-hybridized carbons (Fsp3) is 0.312. The van der Waals surface area contributed by atoms with E-state index >= 15 is 0 Å². The Labute approximate surface area is 242 Å². The number of hydrogen-bond donors (Lipinski definition) is 0. The van der Waals surface area contributed by atoms with Crippen molar-refractivity contribution in [3.05, 3.63) is 88.9 Å². The van der Waals surface area contributed by atoms with Crippen molar-refractivity contribution in [3.63, 3.8) is 0 Å². The molecular formula is C32H32FN5O4. The van der Waals surface area contributed by atoms with Crippen molar-refractivity contribution in [2.45, 2.75) is 52.2 Å². The molecule has 0 radical (unpaired) electrons. The normalized spacial score (nSPS) is 14.5. The third kappa shape index (κ3) is 5.57. The van der Waals surface area contributed by atoms with Crippen LogP contribution in [0.3, 0.4) is 0 Å². The number of likely N-dealkylation sites (tertiary alicyclic amines) is 1. The van der Waals surface area contributed by atoms with Crippen LogP contribution in [0, 0.1) is 12.7 Å². The Kier molecular flexibility index (Phi) is 6.92. The molecule has 10 heteroatoms. The smallest absolute Gasteiger partial charge is 0.410 e. The summed E-state index contributed by atoms with van der Waals surface area (Å²) < 4.78 is 28.8. The van der Waals surface area contributed by atoms with Gasteiger partial charge in [-0.1, -0.05) is 12.1 Å². The van der Waals surface area contributed by atoms with Gasteiger partial charge in [-0.05, 0) is 76.3 Å². The van der Waals surface area contributed by atoms with Crippen molar-refractivity contribution in [3.8, 4) is 22.8 Å². The zero-order valence-corrected chi connectivity index (χ0v) is 24.0. The van der Waals surface area contributed by atoms with E-state index < -0.39 is 11.4 Å². The van der Waals surface area contributed by atoms with Crippen molar-refractivity contribution in [1.29, 1.82) is 0 Å². The number of ether oxygens (including phenoxy) is 2. The van der Waals surface area contributed by atoms with Crippen LogP contribution < -0.4 is 10.3 Å². The fourth-order valence-corrected chi connectivity index (χ4v) is 5.30. The van der Waals surface area contributed by atoms with Gasteiger partial charge in [-0.3, -0.25) is 4.79 Å². The number of halogens is 1. The molecule has 6 rings (SSSR count). The molecule has 5 aromatic rings. The number of amides is 1. The molecule has 0 saturated carbocycles. The number of benzene rings is 2. The van der Waals surface area contributed by atoms with Gasteiger partial charge in [-0.25, -0.2) is 18.7 Å². The highest BCUT2D eigenvalue weighted by Gasteiger charge is 2.28. The molecule has 0 bridgehead atoms. The molecule has 0 N–H and O–H groups in total. The van der Waals surface area contributed by atoms with E-state index in [4.69, 9.17) is 14.6 Å². The highest BCUT2D eigenvalue weighted by molar-refractivity contribution is 5.86. The summed E-state index contributed by atoms with van der Waals surface area (Å²) in [5.74, 6) is 0.392. The van der Waals surface area contributed by atoms with Crippen LogP contribution in [0.1, 0.15) is 45.3 Å². The minimum absolute atomic E-state index is 0.00338. The Morgan fingerprint density at radius 1 is 1.05 bits per heavy atom. The Hall–Kier alpha value is -4.73. The van der Waals surface area contributed by atoms with Crippen LogP contribution in [-0.4, -0.2) is 48.8 Å². The molecule has 3 aromatic heterocycles. The SMILES string of the molecule is Cc1cn2nc(-c3ccc4c(=O)n(C5CCN(C(=O)OC(C)(C)C)CC5)ccc4c3)cc(Oc3cccc(F)c3)c2n1. The first-order chi connectivity index (χ1) is 20.0. The number of aromatic nitrogens is 4. The number of imidazole rings is 1. The van der Waals surface area contributed by atoms with E-state index in [1.807, 2.05) is 58.2 Å². The largest absolute Gasteiger partial charge is 0.453 e. The third-order valence-corrected chi connectivity index (χ3v) is 7.27. The van der Waals surface area contributed by atoms with Crippen LogP contribution in [0.15, 0.2) is 71.8 Å². The molecule has 0 spiro atoms. The van der Waals surface area contributed by atoms with Crippen LogP contribution in [0.5, 0.6) is 11.5 Å². The predicted octanol–water partition coefficient (Wildman–Crippen LogP) is 6.52. The Balaban J connectivity index is 1.27. The molecule has 1 fully saturated rings. The number of pyridine rings is 1. The Bertz CT molecular complexity index is 1870. The average Bonchev–Trinajstić information content (AvgIpc) is 3.33. The summed E-state index contributed by atoms with van der Waals surface area (Å²) in [6.07, 6.45) is 4.65. The number of aryl methyl sites for hydroxylation is 1. The number of piperidine rings is 1. The summed E-state index contributed by atoms with van der Waals surface area (Å²) in [5, 5.41) is 6.12. The molecule has 0 atom stereocenters. The second-order valence-electron chi connectivity index (χ2n) is 11.6. The molecule has 4 heterocycles. The number of carbonyl (C=O) groups excluding carboxylic acids is 1. The lowest BCUT2D eigenvalue weighted by atomic mass is 10.0. The number of hydrogen-bond acceptors (Lipinski definition) is 6.